The summed E-state index contributed by atoms with van der Waals surface area (Å²) in [4.78, 5) is 8.69. The zero-order valence-corrected chi connectivity index (χ0v) is 15.9. The fraction of sp³-hybridized carbons (Fsp3) is 0.238. The second-order valence-corrected chi connectivity index (χ2v) is 5.66. The summed E-state index contributed by atoms with van der Waals surface area (Å²) in [6.45, 7) is 2.59. The molecule has 0 aliphatic heterocycles. The molecule has 0 radical (unpaired) electrons. The normalized spacial score (nSPS) is 10.4. The van der Waals surface area contributed by atoms with E-state index in [1.54, 1.807) is 27.5 Å². The van der Waals surface area contributed by atoms with Crippen LogP contribution in [-0.4, -0.2) is 37.9 Å². The molecule has 0 unspecified atom stereocenters. The van der Waals surface area contributed by atoms with Gasteiger partial charge in [0.15, 0.2) is 11.5 Å². The third kappa shape index (κ3) is 3.79. The minimum absolute atomic E-state index is 0.542. The Kier molecular flexibility index (Phi) is 5.76. The number of hydrogen-bond acceptors (Lipinski definition) is 6. The SMILES string of the molecule is CCOc1ccc(-c2cncnc2-c2cc(OC)c(OC)c(OC)c2)cc1. The second-order valence-electron chi connectivity index (χ2n) is 5.66. The van der Waals surface area contributed by atoms with Gasteiger partial charge >= 0.3 is 0 Å². The van der Waals surface area contributed by atoms with E-state index < -0.39 is 0 Å². The van der Waals surface area contributed by atoms with E-state index in [2.05, 4.69) is 9.97 Å². The summed E-state index contributed by atoms with van der Waals surface area (Å²) in [5.74, 6) is 2.51. The first-order chi connectivity index (χ1) is 13.2. The number of ether oxygens (including phenoxy) is 4. The van der Waals surface area contributed by atoms with E-state index in [9.17, 15) is 0 Å². The molecule has 0 amide bonds. The number of rotatable bonds is 7. The molecule has 6 nitrogen and oxygen atoms in total. The van der Waals surface area contributed by atoms with Crippen molar-refractivity contribution in [2.24, 2.45) is 0 Å². The quantitative estimate of drug-likeness (QED) is 0.623. The smallest absolute Gasteiger partial charge is 0.203 e. The van der Waals surface area contributed by atoms with Crippen LogP contribution in [0.5, 0.6) is 23.0 Å². The van der Waals surface area contributed by atoms with Gasteiger partial charge in [0.25, 0.3) is 0 Å². The van der Waals surface area contributed by atoms with Gasteiger partial charge in [-0.3, -0.25) is 0 Å². The first-order valence-corrected chi connectivity index (χ1v) is 8.55. The highest BCUT2D eigenvalue weighted by Crippen LogP contribution is 2.42. The molecule has 0 saturated carbocycles. The lowest BCUT2D eigenvalue weighted by molar-refractivity contribution is 0.324. The van der Waals surface area contributed by atoms with E-state index in [1.165, 1.54) is 6.33 Å². The average molecular weight is 366 g/mol. The van der Waals surface area contributed by atoms with Crippen molar-refractivity contribution in [3.8, 4) is 45.4 Å². The number of hydrogen-bond donors (Lipinski definition) is 0. The Hall–Kier alpha value is -3.28. The molecule has 140 valence electrons. The predicted molar refractivity (Wildman–Crippen MR) is 104 cm³/mol. The van der Waals surface area contributed by atoms with Gasteiger partial charge in [-0.25, -0.2) is 9.97 Å². The van der Waals surface area contributed by atoms with E-state index in [1.807, 2.05) is 43.3 Å². The number of benzene rings is 2. The van der Waals surface area contributed by atoms with Crippen LogP contribution in [-0.2, 0) is 0 Å². The molecule has 3 aromatic rings. The highest BCUT2D eigenvalue weighted by atomic mass is 16.5. The van der Waals surface area contributed by atoms with Gasteiger partial charge in [0, 0.05) is 17.3 Å². The molecule has 1 aromatic heterocycles. The van der Waals surface area contributed by atoms with Gasteiger partial charge in [0.05, 0.1) is 33.6 Å². The van der Waals surface area contributed by atoms with Crippen LogP contribution in [0.1, 0.15) is 6.92 Å². The summed E-state index contributed by atoms with van der Waals surface area (Å²) in [7, 11) is 4.76. The molecule has 0 atom stereocenters. The maximum absolute atomic E-state index is 5.52. The zero-order chi connectivity index (χ0) is 19.2. The Morgan fingerprint density at radius 3 is 2.07 bits per heavy atom. The third-order valence-electron chi connectivity index (χ3n) is 4.13. The first-order valence-electron chi connectivity index (χ1n) is 8.55. The van der Waals surface area contributed by atoms with Crippen molar-refractivity contribution in [2.45, 2.75) is 6.92 Å². The average Bonchev–Trinajstić information content (AvgIpc) is 2.73. The molecular formula is C21H22N2O4. The molecule has 6 heteroatoms. The Morgan fingerprint density at radius 1 is 0.852 bits per heavy atom. The van der Waals surface area contributed by atoms with Crippen molar-refractivity contribution in [3.63, 3.8) is 0 Å². The minimum Gasteiger partial charge on any atom is -0.494 e. The molecule has 0 saturated heterocycles. The van der Waals surface area contributed by atoms with Crippen molar-refractivity contribution < 1.29 is 18.9 Å². The van der Waals surface area contributed by atoms with Gasteiger partial charge in [-0.2, -0.15) is 0 Å². The number of methoxy groups -OCH3 is 3. The van der Waals surface area contributed by atoms with E-state index in [0.29, 0.717) is 23.9 Å². The largest absolute Gasteiger partial charge is 0.494 e. The Balaban J connectivity index is 2.11. The van der Waals surface area contributed by atoms with Crippen molar-refractivity contribution >= 4 is 0 Å². The molecule has 0 fully saturated rings. The molecule has 27 heavy (non-hydrogen) atoms. The standard InChI is InChI=1S/C21H22N2O4/c1-5-27-16-8-6-14(7-9-16)17-12-22-13-23-20(17)15-10-18(24-2)21(26-4)19(11-15)25-3/h6-13H,5H2,1-4H3. The van der Waals surface area contributed by atoms with Gasteiger partial charge in [0.2, 0.25) is 5.75 Å². The fourth-order valence-electron chi connectivity index (χ4n) is 2.89. The lowest BCUT2D eigenvalue weighted by Gasteiger charge is -2.15. The van der Waals surface area contributed by atoms with E-state index in [0.717, 1.165) is 28.1 Å². The molecule has 2 aromatic carbocycles. The summed E-state index contributed by atoms with van der Waals surface area (Å²) in [5.41, 5.74) is 3.50. The molecule has 0 N–H and O–H groups in total. The third-order valence-corrected chi connectivity index (χ3v) is 4.13. The van der Waals surface area contributed by atoms with Crippen LogP contribution >= 0.6 is 0 Å². The van der Waals surface area contributed by atoms with Crippen molar-refractivity contribution in [3.05, 3.63) is 48.9 Å². The minimum atomic E-state index is 0.542. The molecular weight excluding hydrogens is 344 g/mol. The molecule has 0 aliphatic carbocycles. The van der Waals surface area contributed by atoms with Crippen LogP contribution in [0.15, 0.2) is 48.9 Å². The van der Waals surface area contributed by atoms with Crippen molar-refractivity contribution in [1.29, 1.82) is 0 Å². The maximum Gasteiger partial charge on any atom is 0.203 e. The lowest BCUT2D eigenvalue weighted by Crippen LogP contribution is -1.97. The second kappa shape index (κ2) is 8.40. The predicted octanol–water partition coefficient (Wildman–Crippen LogP) is 4.24. The van der Waals surface area contributed by atoms with Gasteiger partial charge in [-0.15, -0.1) is 0 Å². The monoisotopic (exact) mass is 366 g/mol. The Morgan fingerprint density at radius 2 is 1.52 bits per heavy atom. The van der Waals surface area contributed by atoms with Crippen molar-refractivity contribution in [2.75, 3.05) is 27.9 Å². The van der Waals surface area contributed by atoms with Crippen LogP contribution in [0.25, 0.3) is 22.4 Å². The van der Waals surface area contributed by atoms with Crippen molar-refractivity contribution in [1.82, 2.24) is 9.97 Å². The molecule has 0 aliphatic rings. The van der Waals surface area contributed by atoms with Crippen LogP contribution in [0.4, 0.5) is 0 Å². The highest BCUT2D eigenvalue weighted by Gasteiger charge is 2.17. The lowest BCUT2D eigenvalue weighted by atomic mass is 10.00. The van der Waals surface area contributed by atoms with Crippen LogP contribution < -0.4 is 18.9 Å². The summed E-state index contributed by atoms with van der Waals surface area (Å²) in [5, 5.41) is 0. The molecule has 3 rings (SSSR count). The highest BCUT2D eigenvalue weighted by molar-refractivity contribution is 5.82. The number of aromatic nitrogens is 2. The summed E-state index contributed by atoms with van der Waals surface area (Å²) in [6.07, 6.45) is 3.32. The molecule has 1 heterocycles. The fourth-order valence-corrected chi connectivity index (χ4v) is 2.89. The maximum atomic E-state index is 5.52. The van der Waals surface area contributed by atoms with Crippen LogP contribution in [0.2, 0.25) is 0 Å². The summed E-state index contributed by atoms with van der Waals surface area (Å²) in [6, 6.07) is 11.6. The summed E-state index contributed by atoms with van der Waals surface area (Å²) >= 11 is 0. The van der Waals surface area contributed by atoms with Crippen LogP contribution in [0.3, 0.4) is 0 Å². The van der Waals surface area contributed by atoms with E-state index in [4.69, 9.17) is 18.9 Å². The zero-order valence-electron chi connectivity index (χ0n) is 15.9. The molecule has 0 spiro atoms. The van der Waals surface area contributed by atoms with E-state index in [-0.39, 0.29) is 0 Å². The Bertz CT molecular complexity index is 885. The van der Waals surface area contributed by atoms with E-state index >= 15 is 0 Å². The topological polar surface area (TPSA) is 62.7 Å². The number of nitrogens with zero attached hydrogens (tertiary/aromatic N) is 2. The Labute approximate surface area is 158 Å². The van der Waals surface area contributed by atoms with Gasteiger partial charge in [0.1, 0.15) is 12.1 Å². The van der Waals surface area contributed by atoms with Gasteiger partial charge < -0.3 is 18.9 Å². The summed E-state index contributed by atoms with van der Waals surface area (Å²) < 4.78 is 21.9. The molecule has 0 bridgehead atoms. The first kappa shape index (κ1) is 18.5. The van der Waals surface area contributed by atoms with Crippen LogP contribution in [0, 0.1) is 0 Å². The van der Waals surface area contributed by atoms with Gasteiger partial charge in [-0.1, -0.05) is 12.1 Å². The van der Waals surface area contributed by atoms with Gasteiger partial charge in [-0.05, 0) is 36.8 Å².